The van der Waals surface area contributed by atoms with Crippen LogP contribution in [0.2, 0.25) is 0 Å². The first kappa shape index (κ1) is 14.4. The fourth-order valence-corrected chi connectivity index (χ4v) is 2.80. The van der Waals surface area contributed by atoms with E-state index in [-0.39, 0.29) is 12.1 Å². The summed E-state index contributed by atoms with van der Waals surface area (Å²) in [7, 11) is 0. The second-order valence-electron chi connectivity index (χ2n) is 5.63. The number of urea groups is 1. The lowest BCUT2D eigenvalue weighted by molar-refractivity contribution is 0.247. The van der Waals surface area contributed by atoms with Crippen molar-refractivity contribution in [3.8, 4) is 5.95 Å². The highest BCUT2D eigenvalue weighted by Gasteiger charge is 2.21. The Labute approximate surface area is 137 Å². The number of amides is 2. The van der Waals surface area contributed by atoms with Gasteiger partial charge < -0.3 is 10.6 Å². The predicted octanol–water partition coefficient (Wildman–Crippen LogP) is 1.06. The van der Waals surface area contributed by atoms with Crippen molar-refractivity contribution >= 4 is 11.7 Å². The summed E-state index contributed by atoms with van der Waals surface area (Å²) in [5.41, 5.74) is 2.91. The van der Waals surface area contributed by atoms with E-state index in [1.54, 1.807) is 30.9 Å². The molecule has 2 amide bonds. The van der Waals surface area contributed by atoms with Gasteiger partial charge in [-0.3, -0.25) is 5.10 Å². The van der Waals surface area contributed by atoms with Gasteiger partial charge in [0.05, 0.1) is 24.3 Å². The fourth-order valence-electron chi connectivity index (χ4n) is 2.80. The quantitative estimate of drug-likeness (QED) is 0.667. The Morgan fingerprint density at radius 2 is 2.17 bits per heavy atom. The highest BCUT2D eigenvalue weighted by molar-refractivity contribution is 5.89. The van der Waals surface area contributed by atoms with Crippen LogP contribution in [0.5, 0.6) is 0 Å². The summed E-state index contributed by atoms with van der Waals surface area (Å²) in [4.78, 5) is 20.4. The molecule has 0 saturated carbocycles. The number of anilines is 1. The summed E-state index contributed by atoms with van der Waals surface area (Å²) in [6.45, 7) is 0. The fraction of sp³-hybridized carbons (Fsp3) is 0.267. The molecule has 0 spiro atoms. The zero-order chi connectivity index (χ0) is 16.4. The number of carbonyl (C=O) groups excluding carboxylic acids is 1. The lowest BCUT2D eigenvalue weighted by atomic mass is 9.94. The molecular formula is C15H16N8O. The lowest BCUT2D eigenvalue weighted by Crippen LogP contribution is -2.41. The number of aryl methyl sites for hydroxylation is 1. The van der Waals surface area contributed by atoms with Crippen molar-refractivity contribution in [1.82, 2.24) is 35.3 Å². The maximum atomic E-state index is 12.2. The summed E-state index contributed by atoms with van der Waals surface area (Å²) in [6.07, 6.45) is 10.9. The number of hydrogen-bond donors (Lipinski definition) is 3. The Morgan fingerprint density at radius 1 is 1.29 bits per heavy atom. The van der Waals surface area contributed by atoms with E-state index in [9.17, 15) is 4.79 Å². The average Bonchev–Trinajstić information content (AvgIpc) is 3.24. The van der Waals surface area contributed by atoms with Crippen molar-refractivity contribution in [2.24, 2.45) is 0 Å². The first-order chi connectivity index (χ1) is 11.8. The molecule has 1 aliphatic rings. The Bertz CT molecular complexity index is 840. The van der Waals surface area contributed by atoms with E-state index in [1.807, 2.05) is 6.20 Å². The molecular weight excluding hydrogens is 308 g/mol. The smallest absolute Gasteiger partial charge is 0.319 e. The van der Waals surface area contributed by atoms with Crippen LogP contribution in [0, 0.1) is 0 Å². The number of nitrogens with one attached hydrogen (secondary N) is 3. The number of aromatic nitrogens is 6. The van der Waals surface area contributed by atoms with E-state index in [0.717, 1.165) is 25.0 Å². The molecule has 4 rings (SSSR count). The van der Waals surface area contributed by atoms with Gasteiger partial charge in [0.25, 0.3) is 0 Å². The lowest BCUT2D eigenvalue weighted by Gasteiger charge is -2.22. The van der Waals surface area contributed by atoms with Gasteiger partial charge in [-0.15, -0.1) is 0 Å². The van der Waals surface area contributed by atoms with Crippen LogP contribution in [0.25, 0.3) is 5.95 Å². The predicted molar refractivity (Wildman–Crippen MR) is 85.7 cm³/mol. The minimum atomic E-state index is -0.250. The van der Waals surface area contributed by atoms with E-state index in [4.69, 9.17) is 0 Å². The highest BCUT2D eigenvalue weighted by atomic mass is 16.2. The third kappa shape index (κ3) is 2.96. The molecule has 9 nitrogen and oxygen atoms in total. The van der Waals surface area contributed by atoms with Gasteiger partial charge in [-0.05, 0) is 30.9 Å². The summed E-state index contributed by atoms with van der Waals surface area (Å²) in [5.74, 6) is 0.450. The van der Waals surface area contributed by atoms with Crippen LogP contribution in [0.3, 0.4) is 0 Å². The first-order valence-electron chi connectivity index (χ1n) is 7.68. The number of aromatic amines is 1. The molecule has 9 heteroatoms. The maximum Gasteiger partial charge on any atom is 0.319 e. The molecule has 0 fully saturated rings. The van der Waals surface area contributed by atoms with Crippen LogP contribution >= 0.6 is 0 Å². The number of nitrogens with zero attached hydrogens (tertiary/aromatic N) is 5. The SMILES string of the molecule is O=C(Nc1cnn(-c2ncccn2)c1)NC1CCc2[nH]ncc2C1. The van der Waals surface area contributed by atoms with Crippen molar-refractivity contribution < 1.29 is 4.79 Å². The Hall–Kier alpha value is -3.23. The normalized spacial score (nSPS) is 16.4. The molecule has 0 aliphatic heterocycles. The van der Waals surface area contributed by atoms with Gasteiger partial charge in [0, 0.05) is 24.1 Å². The number of hydrogen-bond acceptors (Lipinski definition) is 5. The van der Waals surface area contributed by atoms with Gasteiger partial charge in [-0.1, -0.05) is 0 Å². The minimum Gasteiger partial charge on any atom is -0.335 e. The van der Waals surface area contributed by atoms with E-state index < -0.39 is 0 Å². The van der Waals surface area contributed by atoms with Crippen LogP contribution in [0.4, 0.5) is 10.5 Å². The third-order valence-corrected chi connectivity index (χ3v) is 3.95. The van der Waals surface area contributed by atoms with Crippen molar-refractivity contribution in [1.29, 1.82) is 0 Å². The molecule has 1 unspecified atom stereocenters. The summed E-state index contributed by atoms with van der Waals surface area (Å²) in [6, 6.07) is 1.58. The summed E-state index contributed by atoms with van der Waals surface area (Å²) >= 11 is 0. The molecule has 0 saturated heterocycles. The molecule has 0 aromatic carbocycles. The Balaban J connectivity index is 1.36. The van der Waals surface area contributed by atoms with Crippen LogP contribution in [-0.4, -0.2) is 42.0 Å². The minimum absolute atomic E-state index is 0.0996. The van der Waals surface area contributed by atoms with Crippen molar-refractivity contribution in [3.63, 3.8) is 0 Å². The molecule has 3 heterocycles. The molecule has 122 valence electrons. The largest absolute Gasteiger partial charge is 0.335 e. The third-order valence-electron chi connectivity index (χ3n) is 3.95. The number of fused-ring (bicyclic) bond motifs is 1. The van der Waals surface area contributed by atoms with E-state index in [2.05, 4.69) is 35.9 Å². The number of H-pyrrole nitrogens is 1. The molecule has 24 heavy (non-hydrogen) atoms. The molecule has 3 N–H and O–H groups in total. The van der Waals surface area contributed by atoms with E-state index in [0.29, 0.717) is 11.6 Å². The van der Waals surface area contributed by atoms with E-state index in [1.165, 1.54) is 10.2 Å². The van der Waals surface area contributed by atoms with Gasteiger partial charge >= 0.3 is 6.03 Å². The van der Waals surface area contributed by atoms with Crippen molar-refractivity contribution in [2.45, 2.75) is 25.3 Å². The standard InChI is InChI=1S/C15H16N8O/c24-15(20-11-2-3-13-10(6-11)7-18-22-13)21-12-8-19-23(9-12)14-16-4-1-5-17-14/h1,4-5,7-9,11H,2-3,6H2,(H,18,22)(H2,20,21,24). The Morgan fingerprint density at radius 3 is 3.04 bits per heavy atom. The average molecular weight is 324 g/mol. The van der Waals surface area contributed by atoms with Gasteiger partial charge in [0.2, 0.25) is 5.95 Å². The molecule has 3 aromatic heterocycles. The van der Waals surface area contributed by atoms with Gasteiger partial charge in [-0.25, -0.2) is 19.4 Å². The molecule has 0 radical (unpaired) electrons. The van der Waals surface area contributed by atoms with Crippen molar-refractivity contribution in [2.75, 3.05) is 5.32 Å². The second kappa shape index (κ2) is 6.11. The zero-order valence-corrected chi connectivity index (χ0v) is 12.8. The second-order valence-corrected chi connectivity index (χ2v) is 5.63. The zero-order valence-electron chi connectivity index (χ0n) is 12.8. The topological polar surface area (TPSA) is 113 Å². The van der Waals surface area contributed by atoms with Crippen LogP contribution in [0.1, 0.15) is 17.7 Å². The van der Waals surface area contributed by atoms with Gasteiger partial charge in [-0.2, -0.15) is 10.2 Å². The molecule has 0 bridgehead atoms. The van der Waals surface area contributed by atoms with Crippen LogP contribution < -0.4 is 10.6 Å². The highest BCUT2D eigenvalue weighted by Crippen LogP contribution is 2.19. The van der Waals surface area contributed by atoms with Crippen molar-refractivity contribution in [3.05, 3.63) is 48.3 Å². The summed E-state index contributed by atoms with van der Waals surface area (Å²) in [5, 5.41) is 16.9. The Kier molecular flexibility index (Phi) is 3.66. The monoisotopic (exact) mass is 324 g/mol. The van der Waals surface area contributed by atoms with Gasteiger partial charge in [0.1, 0.15) is 0 Å². The molecule has 3 aromatic rings. The van der Waals surface area contributed by atoms with Crippen LogP contribution in [-0.2, 0) is 12.8 Å². The van der Waals surface area contributed by atoms with Gasteiger partial charge in [0.15, 0.2) is 0 Å². The maximum absolute atomic E-state index is 12.2. The molecule has 1 aliphatic carbocycles. The molecule has 1 atom stereocenters. The number of rotatable bonds is 3. The number of carbonyl (C=O) groups is 1. The summed E-state index contributed by atoms with van der Waals surface area (Å²) < 4.78 is 1.51. The van der Waals surface area contributed by atoms with E-state index >= 15 is 0 Å². The first-order valence-corrected chi connectivity index (χ1v) is 7.68. The van der Waals surface area contributed by atoms with Crippen LogP contribution in [0.15, 0.2) is 37.1 Å².